The summed E-state index contributed by atoms with van der Waals surface area (Å²) in [6.45, 7) is 6.46. The second-order valence-electron chi connectivity index (χ2n) is 5.11. The van der Waals surface area contributed by atoms with E-state index < -0.39 is 17.7 Å². The molecular weight excluding hydrogens is 182 g/mol. The van der Waals surface area contributed by atoms with Gasteiger partial charge in [0.15, 0.2) is 0 Å². The van der Waals surface area contributed by atoms with Crippen LogP contribution in [-0.4, -0.2) is 40.4 Å². The van der Waals surface area contributed by atoms with Crippen molar-refractivity contribution < 1.29 is 19.5 Å². The number of aliphatic hydroxyl groups is 1. The zero-order valence-corrected chi connectivity index (χ0v) is 9.12. The fourth-order valence-electron chi connectivity index (χ4n) is 2.19. The highest BCUT2D eigenvalue weighted by atomic mass is 16.4. The number of rotatable bonds is 0. The summed E-state index contributed by atoms with van der Waals surface area (Å²) in [5.74, 6) is 0. The van der Waals surface area contributed by atoms with Gasteiger partial charge in [0, 0.05) is 0 Å². The first-order valence-electron chi connectivity index (χ1n) is 5.06. The number of quaternary nitrogens is 1. The molecule has 1 saturated heterocycles. The van der Waals surface area contributed by atoms with E-state index in [9.17, 15) is 15.0 Å². The third kappa shape index (κ3) is 1.77. The van der Waals surface area contributed by atoms with Gasteiger partial charge >= 0.3 is 0 Å². The van der Waals surface area contributed by atoms with Gasteiger partial charge in [-0.25, -0.2) is 0 Å². The number of nitrogens with zero attached hydrogens (tertiary/aromatic N) is 1. The van der Waals surface area contributed by atoms with E-state index in [-0.39, 0.29) is 11.0 Å². The predicted octanol–water partition coefficient (Wildman–Crippen LogP) is 0.0997. The lowest BCUT2D eigenvalue weighted by atomic mass is 9.95. The van der Waals surface area contributed by atoms with Crippen LogP contribution in [0, 0.1) is 0 Å². The smallest absolute Gasteiger partial charge is 0.257 e. The Morgan fingerprint density at radius 3 is 2.36 bits per heavy atom. The standard InChI is InChI=1S/C10H19NO3/c1-10(2,3)11(9(13)14)6-4-5-8(12)7-11/h8,12H,4-7H2,1-3H3/t8-,11?/m0/s1. The van der Waals surface area contributed by atoms with Gasteiger partial charge in [0.2, 0.25) is 0 Å². The van der Waals surface area contributed by atoms with E-state index in [0.717, 1.165) is 6.42 Å². The van der Waals surface area contributed by atoms with Crippen LogP contribution in [0.1, 0.15) is 33.6 Å². The van der Waals surface area contributed by atoms with Crippen LogP contribution in [0.5, 0.6) is 0 Å². The van der Waals surface area contributed by atoms with Gasteiger partial charge in [-0.1, -0.05) is 0 Å². The molecule has 0 aromatic rings. The molecule has 1 fully saturated rings. The molecule has 4 nitrogen and oxygen atoms in total. The number of carbonyl (C=O) groups excluding carboxylic acids is 1. The molecule has 0 saturated carbocycles. The molecule has 0 aromatic heterocycles. The van der Waals surface area contributed by atoms with Crippen molar-refractivity contribution in [3.05, 3.63) is 0 Å². The molecule has 0 radical (unpaired) electrons. The SMILES string of the molecule is CC(C)(C)[N+]1(C(=O)[O-])CCC[C@H](O)C1. The first-order valence-corrected chi connectivity index (χ1v) is 5.06. The van der Waals surface area contributed by atoms with Crippen molar-refractivity contribution in [1.29, 1.82) is 0 Å². The Labute approximate surface area is 84.7 Å². The van der Waals surface area contributed by atoms with Gasteiger partial charge in [-0.15, -0.1) is 0 Å². The fourth-order valence-corrected chi connectivity index (χ4v) is 2.19. The van der Waals surface area contributed by atoms with Crippen molar-refractivity contribution in [3.63, 3.8) is 0 Å². The Morgan fingerprint density at radius 2 is 2.07 bits per heavy atom. The minimum Gasteiger partial charge on any atom is -0.498 e. The van der Waals surface area contributed by atoms with Crippen LogP contribution in [0.2, 0.25) is 0 Å². The fraction of sp³-hybridized carbons (Fsp3) is 0.900. The Balaban J connectivity index is 2.98. The topological polar surface area (TPSA) is 60.4 Å². The molecule has 1 rings (SSSR count). The van der Waals surface area contributed by atoms with Crippen molar-refractivity contribution in [2.45, 2.75) is 45.3 Å². The van der Waals surface area contributed by atoms with Gasteiger partial charge < -0.3 is 15.0 Å². The molecule has 1 aliphatic rings. The Hall–Kier alpha value is -0.610. The van der Waals surface area contributed by atoms with E-state index in [1.807, 2.05) is 20.8 Å². The lowest BCUT2D eigenvalue weighted by Gasteiger charge is -2.51. The molecule has 1 N–H and O–H groups in total. The van der Waals surface area contributed by atoms with E-state index in [1.165, 1.54) is 0 Å². The average molecular weight is 201 g/mol. The third-order valence-electron chi connectivity index (χ3n) is 3.23. The zero-order valence-electron chi connectivity index (χ0n) is 9.12. The number of likely N-dealkylation sites (tertiary alicyclic amines) is 1. The van der Waals surface area contributed by atoms with Gasteiger partial charge in [0.05, 0.1) is 12.1 Å². The molecule has 1 heterocycles. The summed E-state index contributed by atoms with van der Waals surface area (Å²) in [5, 5.41) is 20.8. The van der Waals surface area contributed by atoms with Gasteiger partial charge in [0.25, 0.3) is 6.09 Å². The molecule has 1 aliphatic heterocycles. The van der Waals surface area contributed by atoms with Crippen molar-refractivity contribution in [2.24, 2.45) is 0 Å². The number of carboxylic acid groups (broad SMARTS) is 1. The number of aliphatic hydroxyl groups excluding tert-OH is 1. The summed E-state index contributed by atoms with van der Waals surface area (Å²) in [6.07, 6.45) is -0.146. The lowest BCUT2D eigenvalue weighted by molar-refractivity contribution is -0.926. The molecular formula is C10H19NO3. The Morgan fingerprint density at radius 1 is 1.50 bits per heavy atom. The minimum absolute atomic E-state index is 0.131. The average Bonchev–Trinajstić information content (AvgIpc) is 2.01. The monoisotopic (exact) mass is 201 g/mol. The van der Waals surface area contributed by atoms with E-state index >= 15 is 0 Å². The van der Waals surface area contributed by atoms with Crippen LogP contribution in [-0.2, 0) is 0 Å². The Bertz CT molecular complexity index is 234. The van der Waals surface area contributed by atoms with Crippen molar-refractivity contribution in [1.82, 2.24) is 0 Å². The molecule has 14 heavy (non-hydrogen) atoms. The largest absolute Gasteiger partial charge is 0.498 e. The highest BCUT2D eigenvalue weighted by Gasteiger charge is 2.45. The third-order valence-corrected chi connectivity index (χ3v) is 3.23. The normalized spacial score (nSPS) is 34.1. The maximum Gasteiger partial charge on any atom is 0.257 e. The van der Waals surface area contributed by atoms with Crippen LogP contribution >= 0.6 is 0 Å². The van der Waals surface area contributed by atoms with Crippen molar-refractivity contribution >= 4 is 6.09 Å². The van der Waals surface area contributed by atoms with Crippen LogP contribution in [0.15, 0.2) is 0 Å². The number of hydrogen-bond acceptors (Lipinski definition) is 3. The van der Waals surface area contributed by atoms with E-state index in [2.05, 4.69) is 0 Å². The second kappa shape index (κ2) is 3.51. The summed E-state index contributed by atoms with van der Waals surface area (Å²) in [6, 6.07) is 0. The highest BCUT2D eigenvalue weighted by Crippen LogP contribution is 2.29. The molecule has 4 heteroatoms. The molecule has 1 unspecified atom stereocenters. The molecule has 0 aromatic carbocycles. The van der Waals surface area contributed by atoms with Crippen LogP contribution in [0.25, 0.3) is 0 Å². The summed E-state index contributed by atoms with van der Waals surface area (Å²) in [4.78, 5) is 11.2. The second-order valence-corrected chi connectivity index (χ2v) is 5.11. The number of amides is 1. The minimum atomic E-state index is -1.07. The molecule has 82 valence electrons. The molecule has 2 atom stereocenters. The number of carbonyl (C=O) groups is 1. The highest BCUT2D eigenvalue weighted by molar-refractivity contribution is 5.54. The summed E-state index contributed by atoms with van der Waals surface area (Å²) >= 11 is 0. The summed E-state index contributed by atoms with van der Waals surface area (Å²) in [7, 11) is 0. The maximum absolute atomic E-state index is 11.2. The number of hydrogen-bond donors (Lipinski definition) is 1. The van der Waals surface area contributed by atoms with Gasteiger partial charge in [0.1, 0.15) is 12.6 Å². The van der Waals surface area contributed by atoms with Crippen LogP contribution < -0.4 is 5.11 Å². The van der Waals surface area contributed by atoms with E-state index in [1.54, 1.807) is 0 Å². The lowest BCUT2D eigenvalue weighted by Crippen LogP contribution is -2.71. The van der Waals surface area contributed by atoms with Gasteiger partial charge in [-0.05, 0) is 33.6 Å². The van der Waals surface area contributed by atoms with Crippen molar-refractivity contribution in [2.75, 3.05) is 13.1 Å². The van der Waals surface area contributed by atoms with Crippen molar-refractivity contribution in [3.8, 4) is 0 Å². The number of piperidine rings is 1. The Kier molecular flexibility index (Phi) is 2.88. The first kappa shape index (κ1) is 11.5. The van der Waals surface area contributed by atoms with Crippen LogP contribution in [0.4, 0.5) is 4.79 Å². The van der Waals surface area contributed by atoms with Gasteiger partial charge in [-0.2, -0.15) is 0 Å². The molecule has 0 bridgehead atoms. The van der Waals surface area contributed by atoms with Gasteiger partial charge in [-0.3, -0.25) is 4.48 Å². The zero-order chi connectivity index (χ0) is 11.0. The quantitative estimate of drug-likeness (QED) is 0.565. The van der Waals surface area contributed by atoms with Crippen LogP contribution in [0.3, 0.4) is 0 Å². The molecule has 0 aliphatic carbocycles. The first-order chi connectivity index (χ1) is 6.29. The maximum atomic E-state index is 11.2. The molecule has 0 spiro atoms. The summed E-state index contributed by atoms with van der Waals surface area (Å²) in [5.41, 5.74) is -0.416. The summed E-state index contributed by atoms with van der Waals surface area (Å²) < 4.78 is -0.131. The van der Waals surface area contributed by atoms with E-state index in [0.29, 0.717) is 13.0 Å². The molecule has 1 amide bonds. The predicted molar refractivity (Wildman–Crippen MR) is 50.4 cm³/mol. The van der Waals surface area contributed by atoms with E-state index in [4.69, 9.17) is 0 Å².